The standard InChI is InChI=1S/C7H3F5INO/c8-5(9)3-1-2-14-6(4(3)13)15-7(10,11)12/h1-2,5H. The molecule has 0 bridgehead atoms. The van der Waals surface area contributed by atoms with Crippen LogP contribution in [-0.2, 0) is 0 Å². The molecule has 2 nitrogen and oxygen atoms in total. The van der Waals surface area contributed by atoms with Gasteiger partial charge in [0.05, 0.1) is 3.57 Å². The minimum atomic E-state index is -4.94. The summed E-state index contributed by atoms with van der Waals surface area (Å²) in [5.74, 6) is -0.860. The topological polar surface area (TPSA) is 22.1 Å². The molecular formula is C7H3F5INO. The number of alkyl halides is 5. The molecule has 8 heteroatoms. The summed E-state index contributed by atoms with van der Waals surface area (Å²) in [6, 6.07) is 0.940. The van der Waals surface area contributed by atoms with Crippen LogP contribution in [0.5, 0.6) is 5.88 Å². The van der Waals surface area contributed by atoms with Crippen LogP contribution < -0.4 is 4.74 Å². The molecule has 0 N–H and O–H groups in total. The molecule has 0 atom stereocenters. The number of nitrogens with zero attached hydrogens (tertiary/aromatic N) is 1. The molecule has 0 fully saturated rings. The van der Waals surface area contributed by atoms with Crippen molar-refractivity contribution in [2.75, 3.05) is 0 Å². The summed E-state index contributed by atoms with van der Waals surface area (Å²) in [6.45, 7) is 0. The quantitative estimate of drug-likeness (QED) is 0.608. The Labute approximate surface area is 94.6 Å². The van der Waals surface area contributed by atoms with E-state index >= 15 is 0 Å². The van der Waals surface area contributed by atoms with E-state index in [1.54, 1.807) is 0 Å². The normalized spacial score (nSPS) is 11.9. The maximum absolute atomic E-state index is 12.3. The molecule has 0 spiro atoms. The maximum Gasteiger partial charge on any atom is 0.574 e. The van der Waals surface area contributed by atoms with Gasteiger partial charge in [-0.3, -0.25) is 0 Å². The molecule has 0 aliphatic heterocycles. The average Bonchev–Trinajstić information content (AvgIpc) is 2.05. The van der Waals surface area contributed by atoms with Crippen LogP contribution >= 0.6 is 22.6 Å². The van der Waals surface area contributed by atoms with E-state index in [1.807, 2.05) is 0 Å². The molecule has 0 saturated carbocycles. The van der Waals surface area contributed by atoms with Crippen LogP contribution in [0.2, 0.25) is 0 Å². The highest BCUT2D eigenvalue weighted by molar-refractivity contribution is 14.1. The first-order valence-corrected chi connectivity index (χ1v) is 4.57. The smallest absolute Gasteiger partial charge is 0.387 e. The van der Waals surface area contributed by atoms with Gasteiger partial charge in [0, 0.05) is 11.8 Å². The Morgan fingerprint density at radius 3 is 2.40 bits per heavy atom. The molecule has 1 rings (SSSR count). The van der Waals surface area contributed by atoms with E-state index in [0.717, 1.165) is 12.3 Å². The zero-order chi connectivity index (χ0) is 11.6. The summed E-state index contributed by atoms with van der Waals surface area (Å²) < 4.78 is 63.1. The zero-order valence-corrected chi connectivity index (χ0v) is 9.01. The van der Waals surface area contributed by atoms with Crippen LogP contribution in [0, 0.1) is 3.57 Å². The van der Waals surface area contributed by atoms with Crippen molar-refractivity contribution in [2.45, 2.75) is 12.8 Å². The first kappa shape index (κ1) is 12.4. The van der Waals surface area contributed by atoms with Crippen LogP contribution in [-0.4, -0.2) is 11.3 Å². The van der Waals surface area contributed by atoms with Crippen molar-refractivity contribution in [1.82, 2.24) is 4.98 Å². The van der Waals surface area contributed by atoms with E-state index in [1.165, 1.54) is 22.6 Å². The molecule has 0 aliphatic carbocycles. The van der Waals surface area contributed by atoms with Gasteiger partial charge in [0.1, 0.15) is 0 Å². The van der Waals surface area contributed by atoms with Crippen molar-refractivity contribution in [3.05, 3.63) is 21.4 Å². The Morgan fingerprint density at radius 1 is 1.33 bits per heavy atom. The molecule has 0 aliphatic rings. The van der Waals surface area contributed by atoms with E-state index in [0.29, 0.717) is 0 Å². The Bertz CT molecular complexity index is 354. The third-order valence-corrected chi connectivity index (χ3v) is 2.42. The van der Waals surface area contributed by atoms with Crippen molar-refractivity contribution in [2.24, 2.45) is 0 Å². The van der Waals surface area contributed by atoms with Gasteiger partial charge in [-0.15, -0.1) is 13.2 Å². The fourth-order valence-electron chi connectivity index (χ4n) is 0.788. The lowest BCUT2D eigenvalue weighted by Gasteiger charge is -2.11. The minimum Gasteiger partial charge on any atom is -0.387 e. The van der Waals surface area contributed by atoms with Gasteiger partial charge in [-0.1, -0.05) is 0 Å². The molecule has 15 heavy (non-hydrogen) atoms. The number of aromatic nitrogens is 1. The number of pyridine rings is 1. The second-order valence-corrected chi connectivity index (χ2v) is 3.45. The minimum absolute atomic E-state index is 0.345. The van der Waals surface area contributed by atoms with Gasteiger partial charge < -0.3 is 4.74 Å². The Kier molecular flexibility index (Phi) is 3.68. The van der Waals surface area contributed by atoms with Gasteiger partial charge in [-0.05, 0) is 28.7 Å². The van der Waals surface area contributed by atoms with Crippen LogP contribution in [0.25, 0.3) is 0 Å². The number of rotatable bonds is 2. The lowest BCUT2D eigenvalue weighted by Crippen LogP contribution is -2.19. The summed E-state index contributed by atoms with van der Waals surface area (Å²) in [5, 5.41) is 0. The number of ether oxygens (including phenoxy) is 1. The van der Waals surface area contributed by atoms with Crippen LogP contribution in [0.4, 0.5) is 22.0 Å². The summed E-state index contributed by atoms with van der Waals surface area (Å²) >= 11 is 1.33. The molecule has 1 aromatic rings. The largest absolute Gasteiger partial charge is 0.574 e. The van der Waals surface area contributed by atoms with E-state index in [-0.39, 0.29) is 3.57 Å². The summed E-state index contributed by atoms with van der Waals surface area (Å²) in [7, 11) is 0. The number of halogens is 6. The third kappa shape index (κ3) is 3.43. The third-order valence-electron chi connectivity index (χ3n) is 1.33. The Balaban J connectivity index is 3.05. The molecule has 0 radical (unpaired) electrons. The molecule has 0 amide bonds. The molecule has 0 saturated heterocycles. The van der Waals surface area contributed by atoms with Crippen LogP contribution in [0.3, 0.4) is 0 Å². The van der Waals surface area contributed by atoms with Gasteiger partial charge in [0.25, 0.3) is 6.43 Å². The molecule has 0 unspecified atom stereocenters. The molecule has 1 heterocycles. The second kappa shape index (κ2) is 4.45. The highest BCUT2D eigenvalue weighted by Crippen LogP contribution is 2.32. The highest BCUT2D eigenvalue weighted by atomic mass is 127. The van der Waals surface area contributed by atoms with E-state index in [2.05, 4.69) is 9.72 Å². The van der Waals surface area contributed by atoms with Gasteiger partial charge in [0.2, 0.25) is 5.88 Å². The first-order chi connectivity index (χ1) is 6.81. The maximum atomic E-state index is 12.3. The Hall–Kier alpha value is -0.670. The molecule has 0 aromatic carbocycles. The number of hydrogen-bond acceptors (Lipinski definition) is 2. The van der Waals surface area contributed by atoms with Crippen molar-refractivity contribution in [3.63, 3.8) is 0 Å². The van der Waals surface area contributed by atoms with Gasteiger partial charge in [0.15, 0.2) is 0 Å². The van der Waals surface area contributed by atoms with Crippen molar-refractivity contribution in [1.29, 1.82) is 0 Å². The second-order valence-electron chi connectivity index (χ2n) is 2.37. The Morgan fingerprint density at radius 2 is 1.93 bits per heavy atom. The summed E-state index contributed by atoms with van der Waals surface area (Å²) in [5.41, 5.74) is -0.537. The summed E-state index contributed by atoms with van der Waals surface area (Å²) in [6.07, 6.45) is -6.96. The monoisotopic (exact) mass is 339 g/mol. The van der Waals surface area contributed by atoms with Gasteiger partial charge in [-0.2, -0.15) is 0 Å². The lowest BCUT2D eigenvalue weighted by molar-refractivity contribution is -0.276. The summed E-state index contributed by atoms with van der Waals surface area (Å²) in [4.78, 5) is 3.22. The molecule has 1 aromatic heterocycles. The fourth-order valence-corrected chi connectivity index (χ4v) is 1.45. The lowest BCUT2D eigenvalue weighted by atomic mass is 10.3. The van der Waals surface area contributed by atoms with Crippen LogP contribution in [0.15, 0.2) is 12.3 Å². The predicted molar refractivity (Wildman–Crippen MR) is 48.6 cm³/mol. The van der Waals surface area contributed by atoms with E-state index in [4.69, 9.17) is 0 Å². The van der Waals surface area contributed by atoms with Crippen molar-refractivity contribution < 1.29 is 26.7 Å². The average molecular weight is 339 g/mol. The van der Waals surface area contributed by atoms with Crippen molar-refractivity contribution in [3.8, 4) is 5.88 Å². The van der Waals surface area contributed by atoms with E-state index < -0.39 is 24.2 Å². The SMILES string of the molecule is FC(F)c1ccnc(OC(F)(F)F)c1I. The van der Waals surface area contributed by atoms with Gasteiger partial charge >= 0.3 is 6.36 Å². The fraction of sp³-hybridized carbons (Fsp3) is 0.286. The van der Waals surface area contributed by atoms with E-state index in [9.17, 15) is 22.0 Å². The highest BCUT2D eigenvalue weighted by Gasteiger charge is 2.33. The molecule has 84 valence electrons. The predicted octanol–water partition coefficient (Wildman–Crippen LogP) is 3.52. The molecular weight excluding hydrogens is 336 g/mol. The van der Waals surface area contributed by atoms with Crippen LogP contribution in [0.1, 0.15) is 12.0 Å². The zero-order valence-electron chi connectivity index (χ0n) is 6.86. The van der Waals surface area contributed by atoms with Crippen molar-refractivity contribution >= 4 is 22.6 Å². The number of hydrogen-bond donors (Lipinski definition) is 0. The first-order valence-electron chi connectivity index (χ1n) is 3.49. The van der Waals surface area contributed by atoms with Gasteiger partial charge in [-0.25, -0.2) is 13.8 Å².